The third-order valence-corrected chi connectivity index (χ3v) is 5.76. The normalized spacial score (nSPS) is 34.0. The van der Waals surface area contributed by atoms with E-state index >= 15 is 0 Å². The summed E-state index contributed by atoms with van der Waals surface area (Å²) >= 11 is 0. The van der Waals surface area contributed by atoms with Gasteiger partial charge in [0.15, 0.2) is 0 Å². The van der Waals surface area contributed by atoms with Crippen molar-refractivity contribution >= 4 is 10.9 Å². The van der Waals surface area contributed by atoms with Gasteiger partial charge in [-0.05, 0) is 55.1 Å². The molecule has 2 bridgehead atoms. The van der Waals surface area contributed by atoms with Gasteiger partial charge in [-0.25, -0.2) is 0 Å². The van der Waals surface area contributed by atoms with Crippen molar-refractivity contribution in [1.82, 2.24) is 9.88 Å². The minimum atomic E-state index is -1.49. The van der Waals surface area contributed by atoms with Gasteiger partial charge in [-0.2, -0.15) is 0 Å². The quantitative estimate of drug-likeness (QED) is 0.834. The molecule has 0 radical (unpaired) electrons. The second kappa shape index (κ2) is 6.09. The summed E-state index contributed by atoms with van der Waals surface area (Å²) in [5.41, 5.74) is 0.0409. The Bertz CT molecular complexity index is 934. The Balaban J connectivity index is 1.67. The Labute approximate surface area is 151 Å². The van der Waals surface area contributed by atoms with Crippen molar-refractivity contribution in [2.75, 3.05) is 20.2 Å². The molecule has 1 aromatic heterocycles. The lowest BCUT2D eigenvalue weighted by Gasteiger charge is -2.54. The van der Waals surface area contributed by atoms with Crippen molar-refractivity contribution in [2.24, 2.45) is 5.92 Å². The number of rotatable bonds is 4. The summed E-state index contributed by atoms with van der Waals surface area (Å²) in [4.78, 5) is 6.35. The maximum Gasteiger partial charge on any atom is 0.119 e. The first-order valence-electron chi connectivity index (χ1n) is 10.1. The number of ether oxygens (including phenoxy) is 1. The lowest BCUT2D eigenvalue weighted by Crippen LogP contribution is -2.63. The number of methoxy groups -OCH3 is 1. The van der Waals surface area contributed by atoms with Crippen molar-refractivity contribution in [2.45, 2.75) is 30.6 Å². The number of aliphatic hydroxyl groups is 2. The molecule has 5 atom stereocenters. The highest BCUT2D eigenvalue weighted by Crippen LogP contribution is 2.44. The van der Waals surface area contributed by atoms with Crippen LogP contribution in [0.5, 0.6) is 5.75 Å². The van der Waals surface area contributed by atoms with Gasteiger partial charge in [-0.3, -0.25) is 9.88 Å². The van der Waals surface area contributed by atoms with Gasteiger partial charge >= 0.3 is 0 Å². The average Bonchev–Trinajstić information content (AvgIpc) is 2.72. The molecule has 3 aliphatic rings. The first-order valence-corrected chi connectivity index (χ1v) is 8.57. The van der Waals surface area contributed by atoms with Crippen LogP contribution in [0.2, 0.25) is 0 Å². The van der Waals surface area contributed by atoms with E-state index in [0.717, 1.165) is 16.5 Å². The zero-order valence-corrected chi connectivity index (χ0v) is 14.1. The topological polar surface area (TPSA) is 65.8 Å². The molecule has 0 saturated carbocycles. The zero-order valence-electron chi connectivity index (χ0n) is 17.1. The molecule has 0 amide bonds. The fourth-order valence-corrected chi connectivity index (χ4v) is 4.32. The van der Waals surface area contributed by atoms with Crippen molar-refractivity contribution in [3.05, 3.63) is 48.6 Å². The predicted molar refractivity (Wildman–Crippen MR) is 96.5 cm³/mol. The molecule has 5 rings (SSSR count). The molecule has 1 aromatic carbocycles. The lowest BCUT2D eigenvalue weighted by molar-refractivity contribution is -0.127. The Kier molecular flexibility index (Phi) is 3.24. The predicted octanol–water partition coefficient (Wildman–Crippen LogP) is 2.29. The second-order valence-corrected chi connectivity index (χ2v) is 7.04. The number of piperidine rings is 3. The molecule has 25 heavy (non-hydrogen) atoms. The van der Waals surface area contributed by atoms with Gasteiger partial charge in [0.25, 0.3) is 0 Å². The number of pyridine rings is 1. The average molecular weight is 343 g/mol. The maximum absolute atomic E-state index is 11.2. The Morgan fingerprint density at radius 3 is 3.16 bits per heavy atom. The van der Waals surface area contributed by atoms with Crippen molar-refractivity contribution in [3.8, 4) is 5.75 Å². The Hall–Kier alpha value is -1.95. The number of hydrogen-bond acceptors (Lipinski definition) is 5. The van der Waals surface area contributed by atoms with E-state index in [0.29, 0.717) is 25.1 Å². The van der Waals surface area contributed by atoms with Gasteiger partial charge in [0, 0.05) is 24.2 Å². The molecule has 5 heteroatoms. The second-order valence-electron chi connectivity index (χ2n) is 7.04. The monoisotopic (exact) mass is 343 g/mol. The summed E-state index contributed by atoms with van der Waals surface area (Å²) in [6.07, 6.45) is 2.08. The minimum Gasteiger partial charge on any atom is -0.497 e. The van der Waals surface area contributed by atoms with E-state index in [4.69, 9.17) is 8.85 Å². The van der Waals surface area contributed by atoms with Crippen LogP contribution in [0.15, 0.2) is 43.0 Å². The largest absolute Gasteiger partial charge is 0.497 e. The summed E-state index contributed by atoms with van der Waals surface area (Å²) in [5.74, 6) is 0.439. The lowest BCUT2D eigenvalue weighted by atomic mass is 9.71. The minimum absolute atomic E-state index is 0.159. The van der Waals surface area contributed by atoms with E-state index in [9.17, 15) is 10.2 Å². The molecule has 3 aliphatic heterocycles. The Morgan fingerprint density at radius 1 is 1.56 bits per heavy atom. The first kappa shape index (κ1) is 13.3. The van der Waals surface area contributed by atoms with Gasteiger partial charge < -0.3 is 14.9 Å². The van der Waals surface area contributed by atoms with Crippen LogP contribution in [0.4, 0.5) is 0 Å². The number of hydrogen-bond donors (Lipinski definition) is 2. The van der Waals surface area contributed by atoms with Crippen LogP contribution >= 0.6 is 0 Å². The molecule has 2 N–H and O–H groups in total. The molecule has 3 saturated heterocycles. The first-order chi connectivity index (χ1) is 13.3. The molecule has 0 aliphatic carbocycles. The van der Waals surface area contributed by atoms with Crippen molar-refractivity contribution in [1.29, 1.82) is 0 Å². The van der Waals surface area contributed by atoms with Crippen LogP contribution in [0.1, 0.15) is 28.6 Å². The third kappa shape index (κ3) is 2.63. The van der Waals surface area contributed by atoms with Crippen LogP contribution < -0.4 is 4.74 Å². The summed E-state index contributed by atoms with van der Waals surface area (Å²) in [6, 6.07) is 6.82. The fraction of sp³-hybridized carbons (Fsp3) is 0.450. The summed E-state index contributed by atoms with van der Waals surface area (Å²) in [5, 5.41) is 23.0. The van der Waals surface area contributed by atoms with E-state index in [2.05, 4.69) is 4.98 Å². The van der Waals surface area contributed by atoms with Crippen LogP contribution in [-0.2, 0) is 0 Å². The van der Waals surface area contributed by atoms with Crippen molar-refractivity contribution in [3.63, 3.8) is 0 Å². The van der Waals surface area contributed by atoms with Gasteiger partial charge in [0.2, 0.25) is 0 Å². The van der Waals surface area contributed by atoms with E-state index in [1.165, 1.54) is 0 Å². The molecular weight excluding hydrogens is 316 g/mol. The molecule has 2 aromatic rings. The van der Waals surface area contributed by atoms with Crippen molar-refractivity contribution < 1.29 is 19.1 Å². The number of aliphatic hydroxyl groups excluding tert-OH is 1. The Morgan fingerprint density at radius 2 is 2.44 bits per heavy atom. The molecule has 3 unspecified atom stereocenters. The highest BCUT2D eigenvalue weighted by Gasteiger charge is 2.49. The maximum atomic E-state index is 11.2. The molecule has 0 spiro atoms. The molecule has 5 nitrogen and oxygen atoms in total. The third-order valence-electron chi connectivity index (χ3n) is 5.76. The van der Waals surface area contributed by atoms with Crippen LogP contribution in [0.25, 0.3) is 10.9 Å². The standard InChI is InChI=1S/C20H24N2O3/c1-3-20(24)12-22-9-7-13(20)10-18(22)19(23)15-6-8-21-17-5-4-14(25-2)11-16(15)17/h3-6,8,11,13,18-19,23-24H,1,7,9-10,12H2,2H3/t13?,18-,19+,20?/m1/s1/i1D2,3D. The summed E-state index contributed by atoms with van der Waals surface area (Å²) < 4.78 is 28.2. The van der Waals surface area contributed by atoms with Crippen LogP contribution in [0, 0.1) is 5.92 Å². The smallest absolute Gasteiger partial charge is 0.119 e. The zero-order chi connectivity index (χ0) is 20.1. The van der Waals surface area contributed by atoms with E-state index < -0.39 is 18.2 Å². The summed E-state index contributed by atoms with van der Waals surface area (Å²) in [6.45, 7) is 0.214. The number of fused-ring (bicyclic) bond motifs is 4. The molecule has 3 fully saturated rings. The van der Waals surface area contributed by atoms with E-state index in [1.807, 2.05) is 29.2 Å². The van der Waals surface area contributed by atoms with E-state index in [1.54, 1.807) is 13.3 Å². The molecular formula is C20H24N2O3. The highest BCUT2D eigenvalue weighted by molar-refractivity contribution is 5.83. The summed E-state index contributed by atoms with van der Waals surface area (Å²) in [7, 11) is 1.60. The van der Waals surface area contributed by atoms with Gasteiger partial charge in [-0.15, -0.1) is 6.53 Å². The SMILES string of the molecule is [2H]C([2H])=C([2H])C1(O)CN2CCC1C[C@@H]2[C@@H](O)c1ccnc2ccc(OC)cc12. The van der Waals surface area contributed by atoms with Gasteiger partial charge in [-0.1, -0.05) is 6.05 Å². The molecule has 4 heterocycles. The van der Waals surface area contributed by atoms with Crippen LogP contribution in [-0.4, -0.2) is 51.9 Å². The van der Waals surface area contributed by atoms with Gasteiger partial charge in [0.1, 0.15) is 5.75 Å². The van der Waals surface area contributed by atoms with Crippen LogP contribution in [0.3, 0.4) is 0 Å². The number of aromatic nitrogens is 1. The van der Waals surface area contributed by atoms with E-state index in [-0.39, 0.29) is 24.6 Å². The fourth-order valence-electron chi connectivity index (χ4n) is 4.32. The molecule has 132 valence electrons. The van der Waals surface area contributed by atoms with Gasteiger partial charge in [0.05, 0.1) is 28.4 Å². The number of nitrogens with zero attached hydrogens (tertiary/aromatic N) is 2. The number of benzene rings is 1. The highest BCUT2D eigenvalue weighted by atomic mass is 16.5.